The van der Waals surface area contributed by atoms with E-state index in [2.05, 4.69) is 14.8 Å². The maximum absolute atomic E-state index is 12.8. The van der Waals surface area contributed by atoms with Crippen LogP contribution in [0.25, 0.3) is 0 Å². The first-order chi connectivity index (χ1) is 14.0. The highest BCUT2D eigenvalue weighted by Crippen LogP contribution is 2.33. The molecule has 2 aromatic rings. The monoisotopic (exact) mass is 415 g/mol. The highest BCUT2D eigenvalue weighted by molar-refractivity contribution is 7.99. The van der Waals surface area contributed by atoms with E-state index < -0.39 is 0 Å². The van der Waals surface area contributed by atoms with Gasteiger partial charge in [0, 0.05) is 11.6 Å². The molecule has 1 aromatic heterocycles. The van der Waals surface area contributed by atoms with E-state index in [-0.39, 0.29) is 24.2 Å². The second kappa shape index (κ2) is 10.1. The molecule has 1 fully saturated rings. The molecule has 1 heterocycles. The van der Waals surface area contributed by atoms with Gasteiger partial charge >= 0.3 is 5.97 Å². The summed E-state index contributed by atoms with van der Waals surface area (Å²) < 4.78 is 7.18. The minimum atomic E-state index is -0.292. The predicted octanol–water partition coefficient (Wildman–Crippen LogP) is 4.48. The molecule has 0 bridgehead atoms. The van der Waals surface area contributed by atoms with Crippen LogP contribution in [0.1, 0.15) is 72.4 Å². The number of ether oxygens (including phenoxy) is 1. The van der Waals surface area contributed by atoms with Gasteiger partial charge in [0.25, 0.3) is 0 Å². The summed E-state index contributed by atoms with van der Waals surface area (Å²) in [5, 5.41) is 9.32. The lowest BCUT2D eigenvalue weighted by molar-refractivity contribution is -0.142. The maximum atomic E-state index is 12.8. The largest absolute Gasteiger partial charge is 0.466 e. The van der Waals surface area contributed by atoms with Gasteiger partial charge in [-0.25, -0.2) is 0 Å². The molecule has 0 unspecified atom stereocenters. The number of esters is 1. The van der Waals surface area contributed by atoms with Crippen LogP contribution < -0.4 is 0 Å². The number of carbonyl (C=O) groups is 2. The molecule has 0 spiro atoms. The van der Waals surface area contributed by atoms with Gasteiger partial charge in [0.15, 0.2) is 10.9 Å². The first-order valence-corrected chi connectivity index (χ1v) is 11.3. The highest BCUT2D eigenvalue weighted by Gasteiger charge is 2.25. The number of hydrogen-bond acceptors (Lipinski definition) is 6. The number of benzene rings is 1. The number of rotatable bonds is 8. The second-order valence-corrected chi connectivity index (χ2v) is 8.52. The Labute approximate surface area is 176 Å². The first kappa shape index (κ1) is 21.6. The molecule has 0 amide bonds. The molecule has 0 aliphatic heterocycles. The summed E-state index contributed by atoms with van der Waals surface area (Å²) in [6.45, 7) is 6.09. The number of Topliss-reactive ketones (excluding diaryl/α,β-unsaturated/α-hetero) is 1. The van der Waals surface area contributed by atoms with Crippen molar-refractivity contribution >= 4 is 23.5 Å². The van der Waals surface area contributed by atoms with Gasteiger partial charge in [-0.05, 0) is 45.2 Å². The normalized spacial score (nSPS) is 14.7. The summed E-state index contributed by atoms with van der Waals surface area (Å²) >= 11 is 1.41. The van der Waals surface area contributed by atoms with Crippen molar-refractivity contribution in [3.05, 3.63) is 40.7 Å². The Balaban J connectivity index is 1.78. The average Bonchev–Trinajstić information content (AvgIpc) is 3.11. The molecule has 1 aromatic carbocycles. The van der Waals surface area contributed by atoms with Gasteiger partial charge in [0.1, 0.15) is 12.2 Å². The molecule has 1 aliphatic rings. The molecule has 156 valence electrons. The third-order valence-electron chi connectivity index (χ3n) is 5.31. The molecule has 0 atom stereocenters. The summed E-state index contributed by atoms with van der Waals surface area (Å²) in [6, 6.07) is 6.22. The summed E-state index contributed by atoms with van der Waals surface area (Å²) in [4.78, 5) is 24.8. The van der Waals surface area contributed by atoms with Crippen molar-refractivity contribution in [1.82, 2.24) is 14.8 Å². The molecule has 3 rings (SSSR count). The summed E-state index contributed by atoms with van der Waals surface area (Å²) in [6.07, 6.45) is 5.77. The van der Waals surface area contributed by atoms with E-state index in [0.29, 0.717) is 18.2 Å². The van der Waals surface area contributed by atoms with Crippen molar-refractivity contribution in [2.24, 2.45) is 0 Å². The number of hydrogen-bond donors (Lipinski definition) is 0. The smallest absolute Gasteiger partial charge is 0.313 e. The van der Waals surface area contributed by atoms with Crippen molar-refractivity contribution in [2.75, 3.05) is 12.4 Å². The lowest BCUT2D eigenvalue weighted by Crippen LogP contribution is -2.19. The van der Waals surface area contributed by atoms with E-state index in [1.165, 1.54) is 18.2 Å². The summed E-state index contributed by atoms with van der Waals surface area (Å²) in [5.41, 5.74) is 2.82. The van der Waals surface area contributed by atoms with Gasteiger partial charge in [-0.3, -0.25) is 9.59 Å². The number of thioether (sulfide) groups is 1. The van der Waals surface area contributed by atoms with Crippen LogP contribution in [0.2, 0.25) is 0 Å². The number of carbonyl (C=O) groups excluding carboxylic acids is 2. The van der Waals surface area contributed by atoms with Crippen LogP contribution in [-0.4, -0.2) is 38.9 Å². The van der Waals surface area contributed by atoms with Crippen LogP contribution in [0.3, 0.4) is 0 Å². The van der Waals surface area contributed by atoms with Crippen molar-refractivity contribution in [3.63, 3.8) is 0 Å². The molecule has 0 saturated heterocycles. The van der Waals surface area contributed by atoms with Crippen LogP contribution in [0.4, 0.5) is 0 Å². The first-order valence-electron chi connectivity index (χ1n) is 10.3. The third-order valence-corrected chi connectivity index (χ3v) is 6.25. The topological polar surface area (TPSA) is 74.1 Å². The maximum Gasteiger partial charge on any atom is 0.313 e. The lowest BCUT2D eigenvalue weighted by atomic mass is 9.95. The highest BCUT2D eigenvalue weighted by atomic mass is 32.2. The van der Waals surface area contributed by atoms with Gasteiger partial charge in [0.2, 0.25) is 0 Å². The zero-order valence-electron chi connectivity index (χ0n) is 17.4. The van der Waals surface area contributed by atoms with Crippen molar-refractivity contribution < 1.29 is 14.3 Å². The van der Waals surface area contributed by atoms with E-state index in [4.69, 9.17) is 4.74 Å². The minimum absolute atomic E-state index is 0.0846. The third kappa shape index (κ3) is 5.47. The molecular weight excluding hydrogens is 386 g/mol. The fraction of sp³-hybridized carbons (Fsp3) is 0.545. The van der Waals surface area contributed by atoms with E-state index in [1.807, 2.05) is 32.0 Å². The molecule has 1 saturated carbocycles. The average molecular weight is 416 g/mol. The predicted molar refractivity (Wildman–Crippen MR) is 113 cm³/mol. The number of aromatic nitrogens is 3. The van der Waals surface area contributed by atoms with E-state index in [1.54, 1.807) is 6.92 Å². The Hall–Kier alpha value is -2.15. The molecule has 0 radical (unpaired) electrons. The zero-order chi connectivity index (χ0) is 20.8. The Kier molecular flexibility index (Phi) is 7.47. The number of ketones is 1. The molecular formula is C22H29N3O3S. The van der Waals surface area contributed by atoms with Crippen LogP contribution in [0.5, 0.6) is 0 Å². The van der Waals surface area contributed by atoms with E-state index in [9.17, 15) is 9.59 Å². The lowest BCUT2D eigenvalue weighted by Gasteiger charge is -2.25. The summed E-state index contributed by atoms with van der Waals surface area (Å²) in [5.74, 6) is 0.729. The second-order valence-electron chi connectivity index (χ2n) is 7.57. The van der Waals surface area contributed by atoms with E-state index in [0.717, 1.165) is 47.5 Å². The van der Waals surface area contributed by atoms with Gasteiger partial charge in [-0.2, -0.15) is 0 Å². The fourth-order valence-electron chi connectivity index (χ4n) is 3.82. The quantitative estimate of drug-likeness (QED) is 0.359. The van der Waals surface area contributed by atoms with Gasteiger partial charge in [0.05, 0.1) is 12.4 Å². The molecule has 7 heteroatoms. The van der Waals surface area contributed by atoms with Gasteiger partial charge in [-0.15, -0.1) is 10.2 Å². The molecule has 29 heavy (non-hydrogen) atoms. The molecule has 0 N–H and O–H groups in total. The van der Waals surface area contributed by atoms with Crippen LogP contribution in [0, 0.1) is 13.8 Å². The van der Waals surface area contributed by atoms with Crippen molar-refractivity contribution in [1.29, 1.82) is 0 Å². The molecule has 6 nitrogen and oxygen atoms in total. The SMILES string of the molecule is CCOC(=O)Cc1nnc(SCC(=O)c2cc(C)ccc2C)n1C1CCCCC1. The Morgan fingerprint density at radius 2 is 1.93 bits per heavy atom. The van der Waals surface area contributed by atoms with Gasteiger partial charge in [-0.1, -0.05) is 48.7 Å². The van der Waals surface area contributed by atoms with Crippen molar-refractivity contribution in [2.45, 2.75) is 70.5 Å². The Morgan fingerprint density at radius 1 is 1.17 bits per heavy atom. The van der Waals surface area contributed by atoms with Gasteiger partial charge < -0.3 is 9.30 Å². The fourth-order valence-corrected chi connectivity index (χ4v) is 4.73. The Bertz CT molecular complexity index is 872. The van der Waals surface area contributed by atoms with Crippen LogP contribution >= 0.6 is 11.8 Å². The minimum Gasteiger partial charge on any atom is -0.466 e. The molecule has 1 aliphatic carbocycles. The van der Waals surface area contributed by atoms with Crippen molar-refractivity contribution in [3.8, 4) is 0 Å². The van der Waals surface area contributed by atoms with Crippen LogP contribution in [0.15, 0.2) is 23.4 Å². The number of aryl methyl sites for hydroxylation is 2. The van der Waals surface area contributed by atoms with E-state index >= 15 is 0 Å². The Morgan fingerprint density at radius 3 is 2.66 bits per heavy atom. The van der Waals surface area contributed by atoms with Crippen LogP contribution in [-0.2, 0) is 16.0 Å². The standard InChI is InChI=1S/C22H29N3O3S/c1-4-28-21(27)13-20-23-24-22(25(20)17-8-6-5-7-9-17)29-14-19(26)18-12-15(2)10-11-16(18)3/h10-12,17H,4-9,13-14H2,1-3H3. The zero-order valence-corrected chi connectivity index (χ0v) is 18.3. The summed E-state index contributed by atoms with van der Waals surface area (Å²) in [7, 11) is 0. The number of nitrogens with zero attached hydrogens (tertiary/aromatic N) is 3.